The molecule has 0 aliphatic carbocycles. The number of rotatable bonds is 13. The van der Waals surface area contributed by atoms with E-state index in [0.29, 0.717) is 65.8 Å². The summed E-state index contributed by atoms with van der Waals surface area (Å²) in [5.74, 6) is 0.197. The smallest absolute Gasteiger partial charge is 0.258 e. The number of halogens is 2. The van der Waals surface area contributed by atoms with Crippen LogP contribution in [0.3, 0.4) is 0 Å². The molecule has 0 spiro atoms. The van der Waals surface area contributed by atoms with Crippen LogP contribution in [-0.4, -0.2) is 44.2 Å². The van der Waals surface area contributed by atoms with E-state index in [4.69, 9.17) is 42.1 Å². The van der Waals surface area contributed by atoms with Crippen LogP contribution in [0.25, 0.3) is 0 Å². The lowest BCUT2D eigenvalue weighted by Crippen LogP contribution is -2.31. The first-order valence-corrected chi connectivity index (χ1v) is 11.9. The summed E-state index contributed by atoms with van der Waals surface area (Å²) in [4.78, 5) is 25.1. The second-order valence-electron chi connectivity index (χ2n) is 6.99. The van der Waals surface area contributed by atoms with Crippen LogP contribution in [0.5, 0.6) is 23.0 Å². The molecule has 0 saturated carbocycles. The van der Waals surface area contributed by atoms with Gasteiger partial charge in [0.2, 0.25) is 6.04 Å². The fraction of sp³-hybridized carbons (Fsp3) is 0.417. The van der Waals surface area contributed by atoms with Crippen molar-refractivity contribution in [3.05, 3.63) is 34.3 Å². The van der Waals surface area contributed by atoms with Gasteiger partial charge in [-0.2, -0.15) is 10.2 Å². The molecule has 0 aromatic heterocycles. The van der Waals surface area contributed by atoms with Crippen molar-refractivity contribution >= 4 is 46.3 Å². The fourth-order valence-electron chi connectivity index (χ4n) is 2.96. The quantitative estimate of drug-likeness (QED) is 0.244. The van der Waals surface area contributed by atoms with E-state index in [0.717, 1.165) is 0 Å². The number of ketones is 1. The van der Waals surface area contributed by atoms with Crippen LogP contribution in [0.4, 0.5) is 11.4 Å². The molecule has 35 heavy (non-hydrogen) atoms. The zero-order valence-electron chi connectivity index (χ0n) is 20.3. The van der Waals surface area contributed by atoms with Crippen LogP contribution in [-0.2, 0) is 9.59 Å². The van der Waals surface area contributed by atoms with Crippen molar-refractivity contribution in [3.63, 3.8) is 0 Å². The second-order valence-corrected chi connectivity index (χ2v) is 7.75. The van der Waals surface area contributed by atoms with E-state index in [1.807, 2.05) is 13.8 Å². The number of azo groups is 1. The van der Waals surface area contributed by atoms with Gasteiger partial charge in [0.05, 0.1) is 32.1 Å². The first-order valence-electron chi connectivity index (χ1n) is 11.2. The number of hydrogen-bond acceptors (Lipinski definition) is 8. The highest BCUT2D eigenvalue weighted by Gasteiger charge is 2.24. The van der Waals surface area contributed by atoms with Gasteiger partial charge in [0, 0.05) is 30.0 Å². The van der Waals surface area contributed by atoms with Gasteiger partial charge < -0.3 is 24.3 Å². The van der Waals surface area contributed by atoms with Gasteiger partial charge in [0.15, 0.2) is 5.78 Å². The predicted molar refractivity (Wildman–Crippen MR) is 135 cm³/mol. The highest BCUT2D eigenvalue weighted by Crippen LogP contribution is 2.39. The Hall–Kier alpha value is -3.04. The van der Waals surface area contributed by atoms with Gasteiger partial charge in [-0.1, -0.05) is 23.2 Å². The van der Waals surface area contributed by atoms with Crippen LogP contribution in [0, 0.1) is 0 Å². The molecule has 0 bridgehead atoms. The number of anilines is 1. The maximum absolute atomic E-state index is 12.9. The van der Waals surface area contributed by atoms with Gasteiger partial charge in [-0.05, 0) is 34.6 Å². The Bertz CT molecular complexity index is 1020. The fourth-order valence-corrected chi connectivity index (χ4v) is 3.39. The summed E-state index contributed by atoms with van der Waals surface area (Å²) < 4.78 is 22.1. The summed E-state index contributed by atoms with van der Waals surface area (Å²) in [5, 5.41) is 11.3. The third kappa shape index (κ3) is 7.73. The molecule has 0 aliphatic rings. The van der Waals surface area contributed by atoms with E-state index < -0.39 is 17.7 Å². The van der Waals surface area contributed by atoms with E-state index in [-0.39, 0.29) is 5.02 Å². The number of hydrogen-bond donors (Lipinski definition) is 1. The molecule has 1 amide bonds. The number of carbonyl (C=O) groups is 2. The van der Waals surface area contributed by atoms with Crippen LogP contribution in [0.1, 0.15) is 34.6 Å². The van der Waals surface area contributed by atoms with Crippen molar-refractivity contribution in [3.8, 4) is 23.0 Å². The van der Waals surface area contributed by atoms with Gasteiger partial charge in [-0.3, -0.25) is 9.59 Å². The molecule has 2 aromatic carbocycles. The van der Waals surface area contributed by atoms with Crippen molar-refractivity contribution in [2.75, 3.05) is 31.7 Å². The van der Waals surface area contributed by atoms with E-state index >= 15 is 0 Å². The Balaban J connectivity index is 2.34. The molecule has 1 atom stereocenters. The summed E-state index contributed by atoms with van der Waals surface area (Å²) in [6.07, 6.45) is 0. The lowest BCUT2D eigenvalue weighted by molar-refractivity contribution is -0.126. The summed E-state index contributed by atoms with van der Waals surface area (Å²) >= 11 is 12.6. The predicted octanol–water partition coefficient (Wildman–Crippen LogP) is 6.27. The number of carbonyl (C=O) groups excluding carboxylic acids is 2. The molecule has 9 nitrogen and oxygen atoms in total. The van der Waals surface area contributed by atoms with Gasteiger partial charge >= 0.3 is 0 Å². The molecule has 190 valence electrons. The Labute approximate surface area is 214 Å². The molecule has 1 N–H and O–H groups in total. The number of benzene rings is 2. The third-order valence-corrected chi connectivity index (χ3v) is 5.13. The number of ether oxygens (including phenoxy) is 4. The lowest BCUT2D eigenvalue weighted by atomic mass is 10.2. The Morgan fingerprint density at radius 2 is 1.20 bits per heavy atom. The molecular weight excluding hydrogens is 497 g/mol. The van der Waals surface area contributed by atoms with Crippen molar-refractivity contribution in [1.29, 1.82) is 0 Å². The molecule has 1 unspecified atom stereocenters. The van der Waals surface area contributed by atoms with E-state index in [9.17, 15) is 9.59 Å². The van der Waals surface area contributed by atoms with Crippen molar-refractivity contribution in [2.45, 2.75) is 40.7 Å². The van der Waals surface area contributed by atoms with E-state index in [2.05, 4.69) is 15.5 Å². The molecule has 0 fully saturated rings. The minimum Gasteiger partial charge on any atom is -0.492 e. The van der Waals surface area contributed by atoms with Crippen molar-refractivity contribution in [2.24, 2.45) is 10.2 Å². The van der Waals surface area contributed by atoms with Crippen LogP contribution < -0.4 is 24.3 Å². The van der Waals surface area contributed by atoms with Gasteiger partial charge in [0.1, 0.15) is 33.0 Å². The summed E-state index contributed by atoms with van der Waals surface area (Å²) in [7, 11) is 0. The Morgan fingerprint density at radius 3 is 1.57 bits per heavy atom. The van der Waals surface area contributed by atoms with Gasteiger partial charge in [-0.15, -0.1) is 0 Å². The molecule has 0 saturated heterocycles. The number of Topliss-reactive ketones (excluding diaryl/α,β-unsaturated/α-hetero) is 1. The molecule has 2 aromatic rings. The first kappa shape index (κ1) is 28.2. The lowest BCUT2D eigenvalue weighted by Gasteiger charge is -2.15. The maximum atomic E-state index is 12.9. The van der Waals surface area contributed by atoms with Crippen LogP contribution >= 0.6 is 23.2 Å². The minimum atomic E-state index is -1.40. The normalized spacial score (nSPS) is 11.7. The maximum Gasteiger partial charge on any atom is 0.258 e. The Morgan fingerprint density at radius 1 is 0.800 bits per heavy atom. The topological polar surface area (TPSA) is 108 Å². The van der Waals surface area contributed by atoms with Gasteiger partial charge in [-0.25, -0.2) is 0 Å². The summed E-state index contributed by atoms with van der Waals surface area (Å²) in [6.45, 7) is 9.96. The average Bonchev–Trinajstić information content (AvgIpc) is 2.80. The SMILES string of the molecule is CCOc1cc(N=NC(C(C)=O)C(=O)Nc2cc(OCC)c(Cl)c(OCC)c2)cc(OCC)c1Cl. The number of nitrogens with zero attached hydrogens (tertiary/aromatic N) is 2. The van der Waals surface area contributed by atoms with E-state index in [1.54, 1.807) is 38.1 Å². The Kier molecular flexibility index (Phi) is 11.1. The highest BCUT2D eigenvalue weighted by molar-refractivity contribution is 6.34. The van der Waals surface area contributed by atoms with Crippen LogP contribution in [0.15, 0.2) is 34.5 Å². The molecule has 2 rings (SSSR count). The largest absolute Gasteiger partial charge is 0.492 e. The average molecular weight is 526 g/mol. The molecular formula is C24H29Cl2N3O6. The minimum absolute atomic E-state index is 0.285. The molecule has 0 heterocycles. The zero-order valence-corrected chi connectivity index (χ0v) is 21.8. The number of nitrogens with one attached hydrogen (secondary N) is 1. The standard InChI is InChI=1S/C24H29Cl2N3O6/c1-6-32-17-10-15(11-18(21(17)25)33-7-2)27-24(31)23(14(5)30)29-28-16-12-19(34-8-3)22(26)20(13-16)35-9-4/h10-13,23H,6-9H2,1-5H3,(H,27,31). The van der Waals surface area contributed by atoms with Gasteiger partial charge in [0.25, 0.3) is 5.91 Å². The summed E-state index contributed by atoms with van der Waals surface area (Å²) in [6, 6.07) is 4.79. The van der Waals surface area contributed by atoms with Crippen LogP contribution in [0.2, 0.25) is 10.0 Å². The van der Waals surface area contributed by atoms with E-state index in [1.165, 1.54) is 6.92 Å². The molecule has 0 aliphatic heterocycles. The summed E-state index contributed by atoms with van der Waals surface area (Å²) in [5.41, 5.74) is 0.639. The molecule has 0 radical (unpaired) electrons. The third-order valence-electron chi connectivity index (χ3n) is 4.39. The van der Waals surface area contributed by atoms with Crippen molar-refractivity contribution in [1.82, 2.24) is 0 Å². The highest BCUT2D eigenvalue weighted by atomic mass is 35.5. The second kappa shape index (κ2) is 13.7. The number of amides is 1. The van der Waals surface area contributed by atoms with Crippen molar-refractivity contribution < 1.29 is 28.5 Å². The zero-order chi connectivity index (χ0) is 26.0. The molecule has 11 heteroatoms. The first-order chi connectivity index (χ1) is 16.7. The monoisotopic (exact) mass is 525 g/mol.